The van der Waals surface area contributed by atoms with Gasteiger partial charge in [0.1, 0.15) is 0 Å². The number of fused-ring (bicyclic) bond motifs is 1. The van der Waals surface area contributed by atoms with Crippen LogP contribution in [-0.4, -0.2) is 0 Å². The number of nitrogens with one attached hydrogen (secondary N) is 1. The van der Waals surface area contributed by atoms with Crippen LogP contribution in [-0.2, 0) is 6.54 Å². The largest absolute Gasteiger partial charge is 0.306 e. The van der Waals surface area contributed by atoms with Crippen molar-refractivity contribution in [2.45, 2.75) is 19.5 Å². The summed E-state index contributed by atoms with van der Waals surface area (Å²) in [5.41, 5.74) is 2.69. The van der Waals surface area contributed by atoms with Crippen LogP contribution in [0, 0.1) is 3.57 Å². The molecule has 0 aliphatic heterocycles. The molecule has 1 N–H and O–H groups in total. The highest BCUT2D eigenvalue weighted by Crippen LogP contribution is 2.24. The summed E-state index contributed by atoms with van der Waals surface area (Å²) in [4.78, 5) is 0. The van der Waals surface area contributed by atoms with Gasteiger partial charge in [-0.1, -0.05) is 54.6 Å². The van der Waals surface area contributed by atoms with Crippen molar-refractivity contribution in [2.24, 2.45) is 0 Å². The van der Waals surface area contributed by atoms with E-state index in [9.17, 15) is 0 Å². The molecule has 0 saturated heterocycles. The molecule has 0 saturated carbocycles. The molecular weight excluding hydrogens is 369 g/mol. The van der Waals surface area contributed by atoms with Crippen LogP contribution in [0.25, 0.3) is 10.8 Å². The minimum atomic E-state index is 0.328. The standard InChI is InChI=1S/C19H18IN/c1-14(21-13-15-6-4-9-17(20)12-15)18-11-5-8-16-7-2-3-10-19(16)18/h2-12,14,21H,13H2,1H3/t14-/m1/s1. The third-order valence-electron chi connectivity index (χ3n) is 3.79. The number of benzene rings is 3. The molecular formula is C19H18IN. The van der Waals surface area contributed by atoms with Crippen molar-refractivity contribution >= 4 is 33.4 Å². The van der Waals surface area contributed by atoms with Gasteiger partial charge in [-0.2, -0.15) is 0 Å². The highest BCUT2D eigenvalue weighted by atomic mass is 127. The Morgan fingerprint density at radius 1 is 0.952 bits per heavy atom. The molecule has 0 aliphatic rings. The molecule has 21 heavy (non-hydrogen) atoms. The van der Waals surface area contributed by atoms with Gasteiger partial charge in [-0.05, 0) is 63.5 Å². The summed E-state index contributed by atoms with van der Waals surface area (Å²) in [5.74, 6) is 0. The van der Waals surface area contributed by atoms with Gasteiger partial charge in [-0.25, -0.2) is 0 Å². The Morgan fingerprint density at radius 2 is 1.71 bits per heavy atom. The SMILES string of the molecule is C[C@@H](NCc1cccc(I)c1)c1cccc2ccccc12. The van der Waals surface area contributed by atoms with Crippen molar-refractivity contribution in [3.05, 3.63) is 81.4 Å². The summed E-state index contributed by atoms with van der Waals surface area (Å²) in [6, 6.07) is 24.1. The van der Waals surface area contributed by atoms with E-state index >= 15 is 0 Å². The molecule has 0 bridgehead atoms. The average Bonchev–Trinajstić information content (AvgIpc) is 2.52. The number of hydrogen-bond acceptors (Lipinski definition) is 1. The van der Waals surface area contributed by atoms with Crippen LogP contribution in [0.2, 0.25) is 0 Å². The lowest BCUT2D eigenvalue weighted by atomic mass is 9.99. The zero-order valence-electron chi connectivity index (χ0n) is 12.0. The van der Waals surface area contributed by atoms with E-state index in [2.05, 4.69) is 102 Å². The average molecular weight is 387 g/mol. The lowest BCUT2D eigenvalue weighted by Gasteiger charge is -2.17. The maximum atomic E-state index is 3.63. The third kappa shape index (κ3) is 3.44. The van der Waals surface area contributed by atoms with Gasteiger partial charge in [0.05, 0.1) is 0 Å². The smallest absolute Gasteiger partial charge is 0.0301 e. The van der Waals surface area contributed by atoms with E-state index in [0.717, 1.165) is 6.54 Å². The van der Waals surface area contributed by atoms with Crippen LogP contribution in [0.3, 0.4) is 0 Å². The first-order valence-corrected chi connectivity index (χ1v) is 8.27. The molecule has 3 aromatic rings. The molecule has 0 amide bonds. The fourth-order valence-corrected chi connectivity index (χ4v) is 3.26. The van der Waals surface area contributed by atoms with E-state index in [1.807, 2.05) is 0 Å². The maximum absolute atomic E-state index is 3.63. The Morgan fingerprint density at radius 3 is 2.57 bits per heavy atom. The van der Waals surface area contributed by atoms with E-state index in [1.54, 1.807) is 0 Å². The first-order chi connectivity index (χ1) is 10.2. The predicted octanol–water partition coefficient (Wildman–Crippen LogP) is 5.30. The Bertz CT molecular complexity index is 746. The molecule has 3 aromatic carbocycles. The topological polar surface area (TPSA) is 12.0 Å². The summed E-state index contributed by atoms with van der Waals surface area (Å²) >= 11 is 2.36. The van der Waals surface area contributed by atoms with Crippen LogP contribution in [0.15, 0.2) is 66.7 Å². The lowest BCUT2D eigenvalue weighted by Crippen LogP contribution is -2.18. The molecule has 0 aromatic heterocycles. The molecule has 0 heterocycles. The second-order valence-corrected chi connectivity index (χ2v) is 6.55. The van der Waals surface area contributed by atoms with Gasteiger partial charge in [0.15, 0.2) is 0 Å². The first kappa shape index (κ1) is 14.5. The number of hydrogen-bond donors (Lipinski definition) is 1. The first-order valence-electron chi connectivity index (χ1n) is 7.19. The van der Waals surface area contributed by atoms with Crippen molar-refractivity contribution in [2.75, 3.05) is 0 Å². The molecule has 2 heteroatoms. The quantitative estimate of drug-likeness (QED) is 0.600. The van der Waals surface area contributed by atoms with Crippen LogP contribution >= 0.6 is 22.6 Å². The zero-order valence-corrected chi connectivity index (χ0v) is 14.2. The molecule has 3 rings (SSSR count). The Labute approximate surface area is 139 Å². The minimum Gasteiger partial charge on any atom is -0.306 e. The van der Waals surface area contributed by atoms with Gasteiger partial charge in [0.2, 0.25) is 0 Å². The molecule has 1 nitrogen and oxygen atoms in total. The van der Waals surface area contributed by atoms with Crippen molar-refractivity contribution in [1.82, 2.24) is 5.32 Å². The fraction of sp³-hybridized carbons (Fsp3) is 0.158. The fourth-order valence-electron chi connectivity index (χ4n) is 2.66. The maximum Gasteiger partial charge on any atom is 0.0301 e. The van der Waals surface area contributed by atoms with E-state index in [-0.39, 0.29) is 0 Å². The molecule has 0 fully saturated rings. The lowest BCUT2D eigenvalue weighted by molar-refractivity contribution is 0.578. The number of rotatable bonds is 4. The van der Waals surface area contributed by atoms with Gasteiger partial charge in [0, 0.05) is 16.2 Å². The van der Waals surface area contributed by atoms with E-state index in [4.69, 9.17) is 0 Å². The minimum absolute atomic E-state index is 0.328. The van der Waals surface area contributed by atoms with Gasteiger partial charge < -0.3 is 5.32 Å². The van der Waals surface area contributed by atoms with Crippen molar-refractivity contribution in [1.29, 1.82) is 0 Å². The molecule has 106 valence electrons. The van der Waals surface area contributed by atoms with Gasteiger partial charge in [0.25, 0.3) is 0 Å². The van der Waals surface area contributed by atoms with Crippen LogP contribution in [0.5, 0.6) is 0 Å². The Balaban J connectivity index is 1.79. The monoisotopic (exact) mass is 387 g/mol. The normalized spacial score (nSPS) is 12.5. The van der Waals surface area contributed by atoms with Crippen molar-refractivity contribution in [3.8, 4) is 0 Å². The molecule has 0 radical (unpaired) electrons. The molecule has 0 aliphatic carbocycles. The summed E-state index contributed by atoms with van der Waals surface area (Å²) in [5, 5.41) is 6.27. The van der Waals surface area contributed by atoms with Crippen molar-refractivity contribution in [3.63, 3.8) is 0 Å². The van der Waals surface area contributed by atoms with Crippen molar-refractivity contribution < 1.29 is 0 Å². The summed E-state index contributed by atoms with van der Waals surface area (Å²) < 4.78 is 1.28. The highest BCUT2D eigenvalue weighted by molar-refractivity contribution is 14.1. The van der Waals surface area contributed by atoms with E-state index < -0.39 is 0 Å². The van der Waals surface area contributed by atoms with Crippen LogP contribution < -0.4 is 5.32 Å². The van der Waals surface area contributed by atoms with Gasteiger partial charge >= 0.3 is 0 Å². The van der Waals surface area contributed by atoms with Gasteiger partial charge in [-0.3, -0.25) is 0 Å². The third-order valence-corrected chi connectivity index (χ3v) is 4.46. The van der Waals surface area contributed by atoms with E-state index in [1.165, 1.54) is 25.5 Å². The van der Waals surface area contributed by atoms with Crippen LogP contribution in [0.1, 0.15) is 24.1 Å². The number of halogens is 1. The summed E-state index contributed by atoms with van der Waals surface area (Å²) in [6.07, 6.45) is 0. The highest BCUT2D eigenvalue weighted by Gasteiger charge is 2.08. The molecule has 0 spiro atoms. The zero-order chi connectivity index (χ0) is 14.7. The van der Waals surface area contributed by atoms with E-state index in [0.29, 0.717) is 6.04 Å². The second-order valence-electron chi connectivity index (χ2n) is 5.30. The Hall–Kier alpha value is -1.39. The second kappa shape index (κ2) is 6.58. The molecule has 1 atom stereocenters. The summed E-state index contributed by atoms with van der Waals surface area (Å²) in [6.45, 7) is 3.12. The summed E-state index contributed by atoms with van der Waals surface area (Å²) in [7, 11) is 0. The predicted molar refractivity (Wildman–Crippen MR) is 98.4 cm³/mol. The molecule has 0 unspecified atom stereocenters. The van der Waals surface area contributed by atoms with Gasteiger partial charge in [-0.15, -0.1) is 0 Å². The van der Waals surface area contributed by atoms with Crippen LogP contribution in [0.4, 0.5) is 0 Å². The Kier molecular flexibility index (Phi) is 4.56.